The Balaban J connectivity index is 2.63. The molecule has 2 aromatic carbocycles. The maximum Gasteiger partial charge on any atom is 0.337 e. The lowest BCUT2D eigenvalue weighted by Crippen LogP contribution is -2.05. The van der Waals surface area contributed by atoms with Crippen molar-refractivity contribution >= 4 is 39.6 Å². The summed E-state index contributed by atoms with van der Waals surface area (Å²) in [5.74, 6) is -1.21. The Bertz CT molecular complexity index is 840. The summed E-state index contributed by atoms with van der Waals surface area (Å²) >= 11 is 6.08. The van der Waals surface area contributed by atoms with Gasteiger partial charge in [-0.2, -0.15) is 0 Å². The molecular formula is C16H13ClO4S. The molecule has 0 unspecified atom stereocenters. The van der Waals surface area contributed by atoms with Crippen molar-refractivity contribution in [3.05, 3.63) is 64.2 Å². The first kappa shape index (κ1) is 16.3. The van der Waals surface area contributed by atoms with Crippen LogP contribution in [0, 0.1) is 0 Å². The second-order valence-corrected chi connectivity index (χ2v) is 7.02. The summed E-state index contributed by atoms with van der Waals surface area (Å²) in [4.78, 5) is 11.1. The largest absolute Gasteiger partial charge is 0.478 e. The van der Waals surface area contributed by atoms with Gasteiger partial charge >= 0.3 is 5.97 Å². The zero-order valence-corrected chi connectivity index (χ0v) is 13.2. The van der Waals surface area contributed by atoms with Gasteiger partial charge in [0.15, 0.2) is 9.84 Å². The molecule has 0 radical (unpaired) electrons. The molecule has 4 nitrogen and oxygen atoms in total. The lowest BCUT2D eigenvalue weighted by atomic mass is 10.1. The van der Waals surface area contributed by atoms with Crippen LogP contribution in [0.25, 0.3) is 12.2 Å². The zero-order valence-electron chi connectivity index (χ0n) is 11.7. The van der Waals surface area contributed by atoms with E-state index in [1.807, 2.05) is 30.3 Å². The first-order valence-corrected chi connectivity index (χ1v) is 8.56. The molecule has 0 amide bonds. The van der Waals surface area contributed by atoms with Crippen LogP contribution in [0.2, 0.25) is 5.02 Å². The van der Waals surface area contributed by atoms with Crippen LogP contribution in [0.4, 0.5) is 0 Å². The molecule has 2 aromatic rings. The van der Waals surface area contributed by atoms with E-state index in [1.165, 1.54) is 18.2 Å². The minimum Gasteiger partial charge on any atom is -0.478 e. The third-order valence-corrected chi connectivity index (χ3v) is 4.57. The van der Waals surface area contributed by atoms with E-state index in [1.54, 1.807) is 6.08 Å². The van der Waals surface area contributed by atoms with Crippen molar-refractivity contribution in [2.75, 3.05) is 6.26 Å². The summed E-state index contributed by atoms with van der Waals surface area (Å²) in [7, 11) is -3.53. The van der Waals surface area contributed by atoms with Crippen LogP contribution in [0.1, 0.15) is 21.5 Å². The van der Waals surface area contributed by atoms with Crippen LogP contribution < -0.4 is 0 Å². The molecule has 0 bridgehead atoms. The molecule has 0 aliphatic heterocycles. The molecule has 0 aromatic heterocycles. The number of carboxylic acid groups (broad SMARTS) is 1. The highest BCUT2D eigenvalue weighted by atomic mass is 35.5. The smallest absolute Gasteiger partial charge is 0.337 e. The summed E-state index contributed by atoms with van der Waals surface area (Å²) < 4.78 is 23.7. The van der Waals surface area contributed by atoms with Crippen molar-refractivity contribution in [2.24, 2.45) is 0 Å². The maximum atomic E-state index is 11.9. The van der Waals surface area contributed by atoms with Gasteiger partial charge in [-0.3, -0.25) is 0 Å². The fraction of sp³-hybridized carbons (Fsp3) is 0.0625. The van der Waals surface area contributed by atoms with Crippen LogP contribution in [-0.2, 0) is 9.84 Å². The first-order valence-electron chi connectivity index (χ1n) is 6.29. The molecule has 6 heteroatoms. The predicted octanol–water partition coefficient (Wildman–Crippen LogP) is 3.61. The second-order valence-electron chi connectivity index (χ2n) is 4.66. The van der Waals surface area contributed by atoms with Crippen molar-refractivity contribution in [3.8, 4) is 0 Å². The molecule has 0 saturated carbocycles. The normalized spacial score (nSPS) is 11.7. The predicted molar refractivity (Wildman–Crippen MR) is 86.9 cm³/mol. The zero-order chi connectivity index (χ0) is 16.3. The summed E-state index contributed by atoms with van der Waals surface area (Å²) in [5.41, 5.74) is 0.883. The van der Waals surface area contributed by atoms with Crippen LogP contribution in [0.5, 0.6) is 0 Å². The number of aromatic carboxylic acids is 1. The van der Waals surface area contributed by atoms with Crippen LogP contribution in [0.3, 0.4) is 0 Å². The summed E-state index contributed by atoms with van der Waals surface area (Å²) in [5, 5.41) is 9.02. The third-order valence-electron chi connectivity index (χ3n) is 3.01. The number of benzene rings is 2. The van der Waals surface area contributed by atoms with E-state index < -0.39 is 15.8 Å². The fourth-order valence-electron chi connectivity index (χ4n) is 1.96. The summed E-state index contributed by atoms with van der Waals surface area (Å²) in [6.07, 6.45) is 4.25. The van der Waals surface area contributed by atoms with E-state index in [-0.39, 0.29) is 21.0 Å². The van der Waals surface area contributed by atoms with Gasteiger partial charge in [0.2, 0.25) is 0 Å². The molecule has 0 heterocycles. The topological polar surface area (TPSA) is 71.4 Å². The minimum absolute atomic E-state index is 0.00492. The number of carboxylic acids is 1. The van der Waals surface area contributed by atoms with Crippen LogP contribution in [0.15, 0.2) is 47.4 Å². The van der Waals surface area contributed by atoms with Gasteiger partial charge in [-0.15, -0.1) is 0 Å². The Morgan fingerprint density at radius 2 is 1.73 bits per heavy atom. The van der Waals surface area contributed by atoms with Gasteiger partial charge in [0.05, 0.1) is 15.5 Å². The van der Waals surface area contributed by atoms with E-state index in [4.69, 9.17) is 16.7 Å². The lowest BCUT2D eigenvalue weighted by Gasteiger charge is -2.09. The molecule has 0 saturated heterocycles. The first-order chi connectivity index (χ1) is 10.3. The average molecular weight is 337 g/mol. The highest BCUT2D eigenvalue weighted by Crippen LogP contribution is 2.29. The van der Waals surface area contributed by atoms with E-state index in [2.05, 4.69) is 0 Å². The number of halogens is 1. The van der Waals surface area contributed by atoms with Crippen molar-refractivity contribution < 1.29 is 18.3 Å². The molecule has 0 aliphatic rings. The minimum atomic E-state index is -3.53. The van der Waals surface area contributed by atoms with Gasteiger partial charge in [0.25, 0.3) is 0 Å². The van der Waals surface area contributed by atoms with Crippen molar-refractivity contribution in [1.29, 1.82) is 0 Å². The fourth-order valence-corrected chi connectivity index (χ4v) is 3.21. The second kappa shape index (κ2) is 6.34. The number of carbonyl (C=O) groups is 1. The Morgan fingerprint density at radius 3 is 2.27 bits per heavy atom. The summed E-state index contributed by atoms with van der Waals surface area (Å²) in [6.45, 7) is 0. The van der Waals surface area contributed by atoms with Gasteiger partial charge in [-0.25, -0.2) is 13.2 Å². The van der Waals surface area contributed by atoms with Gasteiger partial charge < -0.3 is 5.11 Å². The van der Waals surface area contributed by atoms with Crippen molar-refractivity contribution in [3.63, 3.8) is 0 Å². The molecular weight excluding hydrogens is 324 g/mol. The Hall–Kier alpha value is -2.11. The number of rotatable bonds is 4. The number of hydrogen-bond donors (Lipinski definition) is 1. The third kappa shape index (κ3) is 3.55. The van der Waals surface area contributed by atoms with E-state index >= 15 is 0 Å². The Labute approximate surface area is 133 Å². The SMILES string of the molecule is CS(=O)(=O)c1ccc(C(=O)O)c(Cl)c1C=Cc1ccccc1. The van der Waals surface area contributed by atoms with Gasteiger partial charge in [0.1, 0.15) is 0 Å². The molecule has 114 valence electrons. The lowest BCUT2D eigenvalue weighted by molar-refractivity contribution is 0.0697. The van der Waals surface area contributed by atoms with Crippen molar-refractivity contribution in [1.82, 2.24) is 0 Å². The average Bonchev–Trinajstić information content (AvgIpc) is 2.45. The summed E-state index contributed by atoms with van der Waals surface area (Å²) in [6, 6.07) is 11.7. The highest BCUT2D eigenvalue weighted by molar-refractivity contribution is 7.90. The molecule has 0 aliphatic carbocycles. The van der Waals surface area contributed by atoms with Gasteiger partial charge in [0, 0.05) is 11.8 Å². The standard InChI is InChI=1S/C16H13ClO4S/c1-22(20,21)14-10-9-13(16(18)19)15(17)12(14)8-7-11-5-3-2-4-6-11/h2-10H,1H3,(H,18,19). The number of hydrogen-bond acceptors (Lipinski definition) is 3. The van der Waals surface area contributed by atoms with Crippen LogP contribution >= 0.6 is 11.6 Å². The Kier molecular flexibility index (Phi) is 4.68. The monoisotopic (exact) mass is 336 g/mol. The molecule has 2 rings (SSSR count). The molecule has 22 heavy (non-hydrogen) atoms. The Morgan fingerprint density at radius 1 is 1.09 bits per heavy atom. The quantitative estimate of drug-likeness (QED) is 0.866. The maximum absolute atomic E-state index is 11.9. The van der Waals surface area contributed by atoms with Crippen molar-refractivity contribution in [2.45, 2.75) is 4.90 Å². The molecule has 1 N–H and O–H groups in total. The molecule has 0 atom stereocenters. The molecule has 0 spiro atoms. The molecule has 0 fully saturated rings. The van der Waals surface area contributed by atoms with E-state index in [0.717, 1.165) is 11.8 Å². The number of sulfone groups is 1. The van der Waals surface area contributed by atoms with E-state index in [0.29, 0.717) is 0 Å². The van der Waals surface area contributed by atoms with Gasteiger partial charge in [-0.1, -0.05) is 54.1 Å². The van der Waals surface area contributed by atoms with Crippen LogP contribution in [-0.4, -0.2) is 25.7 Å². The highest BCUT2D eigenvalue weighted by Gasteiger charge is 2.19. The van der Waals surface area contributed by atoms with E-state index in [9.17, 15) is 13.2 Å². The van der Waals surface area contributed by atoms with Gasteiger partial charge in [-0.05, 0) is 17.7 Å².